The van der Waals surface area contributed by atoms with E-state index in [0.29, 0.717) is 6.54 Å². The third-order valence-corrected chi connectivity index (χ3v) is 5.52. The first-order valence-corrected chi connectivity index (χ1v) is 10.3. The van der Waals surface area contributed by atoms with Crippen LogP contribution in [-0.2, 0) is 4.79 Å². The Labute approximate surface area is 176 Å². The van der Waals surface area contributed by atoms with Crippen molar-refractivity contribution in [3.05, 3.63) is 60.4 Å². The second kappa shape index (κ2) is 8.57. The van der Waals surface area contributed by atoms with Gasteiger partial charge in [0, 0.05) is 67.0 Å². The molecule has 0 aromatic carbocycles. The first kappa shape index (κ1) is 19.9. The molecule has 0 unspecified atom stereocenters. The van der Waals surface area contributed by atoms with Crippen LogP contribution in [0.2, 0.25) is 0 Å². The molecule has 4 heterocycles. The number of nitrogens with one attached hydrogen (secondary N) is 1. The summed E-state index contributed by atoms with van der Waals surface area (Å²) in [5, 5.41) is 3.39. The van der Waals surface area contributed by atoms with Gasteiger partial charge in [0.05, 0.1) is 5.69 Å². The summed E-state index contributed by atoms with van der Waals surface area (Å²) >= 11 is 0. The van der Waals surface area contributed by atoms with E-state index in [0.717, 1.165) is 47.1 Å². The highest BCUT2D eigenvalue weighted by atomic mass is 16.2. The molecule has 0 radical (unpaired) electrons. The van der Waals surface area contributed by atoms with Crippen molar-refractivity contribution in [2.45, 2.75) is 45.6 Å². The zero-order chi connectivity index (χ0) is 21.1. The van der Waals surface area contributed by atoms with Crippen LogP contribution in [0, 0.1) is 6.92 Å². The minimum atomic E-state index is 0.0984. The van der Waals surface area contributed by atoms with Crippen molar-refractivity contribution in [2.75, 3.05) is 11.9 Å². The van der Waals surface area contributed by atoms with Crippen molar-refractivity contribution < 1.29 is 4.79 Å². The van der Waals surface area contributed by atoms with Gasteiger partial charge >= 0.3 is 0 Å². The second-order valence-corrected chi connectivity index (χ2v) is 7.84. The topological polar surface area (TPSA) is 83.9 Å². The molecule has 0 bridgehead atoms. The zero-order valence-electron chi connectivity index (χ0n) is 17.5. The Balaban J connectivity index is 1.71. The minimum absolute atomic E-state index is 0.0984. The zero-order valence-corrected chi connectivity index (χ0v) is 17.5. The number of hydrogen-bond acceptors (Lipinski definition) is 6. The highest BCUT2D eigenvalue weighted by Crippen LogP contribution is 2.31. The van der Waals surface area contributed by atoms with Crippen LogP contribution in [0.3, 0.4) is 0 Å². The summed E-state index contributed by atoms with van der Waals surface area (Å²) in [5.74, 6) is 1.67. The van der Waals surface area contributed by atoms with E-state index in [4.69, 9.17) is 9.97 Å². The number of carbonyl (C=O) groups is 1. The predicted octanol–water partition coefficient (Wildman–Crippen LogP) is 4.10. The highest BCUT2D eigenvalue weighted by Gasteiger charge is 2.30. The molecular formula is C23H26N6O. The Kier molecular flexibility index (Phi) is 5.70. The van der Waals surface area contributed by atoms with Gasteiger partial charge in [-0.2, -0.15) is 0 Å². The van der Waals surface area contributed by atoms with Gasteiger partial charge in [0.2, 0.25) is 5.91 Å². The average molecular weight is 403 g/mol. The van der Waals surface area contributed by atoms with Crippen molar-refractivity contribution in [3.63, 3.8) is 0 Å². The number of anilines is 2. The summed E-state index contributed by atoms with van der Waals surface area (Å²) in [6, 6.07) is 9.96. The van der Waals surface area contributed by atoms with Crippen molar-refractivity contribution in [2.24, 2.45) is 0 Å². The molecule has 1 saturated heterocycles. The third kappa shape index (κ3) is 4.45. The summed E-state index contributed by atoms with van der Waals surface area (Å²) in [4.78, 5) is 32.2. The number of amides is 1. The van der Waals surface area contributed by atoms with E-state index in [9.17, 15) is 4.79 Å². The fourth-order valence-corrected chi connectivity index (χ4v) is 3.90. The van der Waals surface area contributed by atoms with E-state index in [2.05, 4.69) is 22.2 Å². The minimum Gasteiger partial charge on any atom is -0.340 e. The number of likely N-dealkylation sites (tertiary alicyclic amines) is 1. The average Bonchev–Trinajstić information content (AvgIpc) is 2.74. The second-order valence-electron chi connectivity index (χ2n) is 7.84. The number of aromatic nitrogens is 4. The normalized spacial score (nSPS) is 18.8. The molecule has 1 fully saturated rings. The monoisotopic (exact) mass is 402 g/mol. The number of pyridine rings is 2. The van der Waals surface area contributed by atoms with E-state index in [1.54, 1.807) is 25.5 Å². The number of aryl methyl sites for hydroxylation is 1. The molecule has 4 rings (SSSR count). The molecular weight excluding hydrogens is 376 g/mol. The molecule has 2 atom stereocenters. The quantitative estimate of drug-likeness (QED) is 0.707. The molecule has 30 heavy (non-hydrogen) atoms. The van der Waals surface area contributed by atoms with Crippen molar-refractivity contribution in [3.8, 4) is 11.3 Å². The van der Waals surface area contributed by atoms with Crippen molar-refractivity contribution in [1.82, 2.24) is 24.8 Å². The maximum atomic E-state index is 12.1. The standard InChI is InChI=1S/C23H26N6O/c1-15-11-20(8-10-25-15)26-22-12-21(18-5-4-9-24-13-18)27-23(28-22)19-7-6-16(2)29(14-19)17(3)30/h4-5,8-13,16,19H,6-7,14H2,1-3H3,(H,25,26,27,28)/t16-,19+/m0/s1. The van der Waals surface area contributed by atoms with Crippen LogP contribution >= 0.6 is 0 Å². The molecule has 154 valence electrons. The summed E-state index contributed by atoms with van der Waals surface area (Å²) in [6.45, 7) is 6.33. The summed E-state index contributed by atoms with van der Waals surface area (Å²) in [5.41, 5.74) is 3.60. The van der Waals surface area contributed by atoms with Gasteiger partial charge < -0.3 is 10.2 Å². The number of piperidine rings is 1. The molecule has 0 spiro atoms. The van der Waals surface area contributed by atoms with Gasteiger partial charge in [-0.05, 0) is 51.0 Å². The van der Waals surface area contributed by atoms with Crippen LogP contribution in [0.5, 0.6) is 0 Å². The predicted molar refractivity (Wildman–Crippen MR) is 116 cm³/mol. The van der Waals surface area contributed by atoms with E-state index in [-0.39, 0.29) is 17.9 Å². The van der Waals surface area contributed by atoms with Gasteiger partial charge in [-0.15, -0.1) is 0 Å². The molecule has 3 aromatic heterocycles. The lowest BCUT2D eigenvalue weighted by Crippen LogP contribution is -2.44. The molecule has 7 nitrogen and oxygen atoms in total. The highest BCUT2D eigenvalue weighted by molar-refractivity contribution is 5.73. The smallest absolute Gasteiger partial charge is 0.219 e. The van der Waals surface area contributed by atoms with E-state index in [1.807, 2.05) is 42.2 Å². The number of hydrogen-bond donors (Lipinski definition) is 1. The Hall–Kier alpha value is -3.35. The van der Waals surface area contributed by atoms with Gasteiger partial charge in [0.1, 0.15) is 11.6 Å². The fourth-order valence-electron chi connectivity index (χ4n) is 3.90. The number of carbonyl (C=O) groups excluding carboxylic acids is 1. The van der Waals surface area contributed by atoms with Crippen LogP contribution in [-0.4, -0.2) is 43.3 Å². The summed E-state index contributed by atoms with van der Waals surface area (Å²) < 4.78 is 0. The van der Waals surface area contributed by atoms with Gasteiger partial charge in [-0.25, -0.2) is 9.97 Å². The van der Waals surface area contributed by atoms with E-state index in [1.165, 1.54) is 0 Å². The molecule has 0 saturated carbocycles. The summed E-state index contributed by atoms with van der Waals surface area (Å²) in [6.07, 6.45) is 7.22. The van der Waals surface area contributed by atoms with E-state index >= 15 is 0 Å². The summed E-state index contributed by atoms with van der Waals surface area (Å²) in [7, 11) is 0. The molecule has 3 aromatic rings. The largest absolute Gasteiger partial charge is 0.340 e. The molecule has 1 aliphatic heterocycles. The number of rotatable bonds is 4. The first-order chi connectivity index (χ1) is 14.5. The van der Waals surface area contributed by atoms with Crippen LogP contribution in [0.15, 0.2) is 48.9 Å². The Morgan fingerprint density at radius 2 is 2.03 bits per heavy atom. The lowest BCUT2D eigenvalue weighted by Gasteiger charge is -2.37. The first-order valence-electron chi connectivity index (χ1n) is 10.3. The Morgan fingerprint density at radius 1 is 1.17 bits per heavy atom. The van der Waals surface area contributed by atoms with E-state index < -0.39 is 0 Å². The maximum absolute atomic E-state index is 12.1. The van der Waals surface area contributed by atoms with Crippen molar-refractivity contribution in [1.29, 1.82) is 0 Å². The Morgan fingerprint density at radius 3 is 2.77 bits per heavy atom. The van der Waals surface area contributed by atoms with Crippen LogP contribution in [0.25, 0.3) is 11.3 Å². The van der Waals surface area contributed by atoms with Crippen LogP contribution in [0.4, 0.5) is 11.5 Å². The molecule has 0 aliphatic carbocycles. The third-order valence-electron chi connectivity index (χ3n) is 5.52. The lowest BCUT2D eigenvalue weighted by atomic mass is 9.92. The molecule has 7 heteroatoms. The number of nitrogens with zero attached hydrogens (tertiary/aromatic N) is 5. The van der Waals surface area contributed by atoms with Gasteiger partial charge in [0.15, 0.2) is 0 Å². The maximum Gasteiger partial charge on any atom is 0.219 e. The SMILES string of the molecule is CC(=O)N1C[C@H](c2nc(Nc3ccnc(C)c3)cc(-c3cccnc3)n2)CC[C@@H]1C. The molecule has 1 aliphatic rings. The Bertz CT molecular complexity index is 1040. The van der Waals surface area contributed by atoms with Gasteiger partial charge in [-0.1, -0.05) is 0 Å². The van der Waals surface area contributed by atoms with Crippen molar-refractivity contribution >= 4 is 17.4 Å². The van der Waals surface area contributed by atoms with Gasteiger partial charge in [0.25, 0.3) is 0 Å². The molecule has 1 N–H and O–H groups in total. The lowest BCUT2D eigenvalue weighted by molar-refractivity contribution is -0.132. The fraction of sp³-hybridized carbons (Fsp3) is 0.348. The van der Waals surface area contributed by atoms with Gasteiger partial charge in [-0.3, -0.25) is 14.8 Å². The van der Waals surface area contributed by atoms with Crippen LogP contribution in [0.1, 0.15) is 44.1 Å². The van der Waals surface area contributed by atoms with Crippen LogP contribution < -0.4 is 5.32 Å². The molecule has 1 amide bonds.